The van der Waals surface area contributed by atoms with Crippen LogP contribution < -0.4 is 0 Å². The molecule has 2 rings (SSSR count). The van der Waals surface area contributed by atoms with Crippen molar-refractivity contribution in [3.05, 3.63) is 64.5 Å². The van der Waals surface area contributed by atoms with Gasteiger partial charge in [-0.1, -0.05) is 28.1 Å². The topological polar surface area (TPSA) is 33.5 Å². The summed E-state index contributed by atoms with van der Waals surface area (Å²) in [6, 6.07) is 11.5. The fraction of sp³-hybridized carbons (Fsp3) is 0.133. The predicted molar refractivity (Wildman–Crippen MR) is 78.4 cm³/mol. The Bertz CT molecular complexity index is 558. The van der Waals surface area contributed by atoms with Gasteiger partial charge in [0, 0.05) is 24.1 Å². The number of amides is 1. The molecule has 1 aromatic carbocycles. The summed E-state index contributed by atoms with van der Waals surface area (Å²) < 4.78 is 6.16. The number of carbonyl (C=O) groups excluding carboxylic acids is 1. The van der Waals surface area contributed by atoms with Crippen LogP contribution in [0, 0.1) is 0 Å². The molecule has 1 heterocycles. The van der Waals surface area contributed by atoms with Gasteiger partial charge < -0.3 is 9.32 Å². The maximum Gasteiger partial charge on any atom is 0.246 e. The molecule has 1 aromatic heterocycles. The van der Waals surface area contributed by atoms with E-state index in [1.165, 1.54) is 6.08 Å². The minimum atomic E-state index is -0.0562. The van der Waals surface area contributed by atoms with Gasteiger partial charge in [-0.25, -0.2) is 0 Å². The Morgan fingerprint density at radius 2 is 2.05 bits per heavy atom. The fourth-order valence-corrected chi connectivity index (χ4v) is 1.87. The summed E-state index contributed by atoms with van der Waals surface area (Å²) in [5.41, 5.74) is 1.09. The number of hydrogen-bond acceptors (Lipinski definition) is 2. The Morgan fingerprint density at radius 1 is 1.32 bits per heavy atom. The standard InChI is InChI=1S/C15H14BrNO2/c1-17(11-12-4-6-13(16)7-5-12)15(18)9-8-14-3-2-10-19-14/h2-10H,11H2,1H3. The van der Waals surface area contributed by atoms with E-state index in [2.05, 4.69) is 15.9 Å². The molecule has 4 heteroatoms. The number of nitrogens with zero attached hydrogens (tertiary/aromatic N) is 1. The molecular formula is C15H14BrNO2. The molecule has 2 aromatic rings. The second-order valence-corrected chi connectivity index (χ2v) is 5.09. The van der Waals surface area contributed by atoms with Crippen molar-refractivity contribution in [3.63, 3.8) is 0 Å². The maximum atomic E-state index is 11.9. The van der Waals surface area contributed by atoms with Crippen molar-refractivity contribution in [3.8, 4) is 0 Å². The highest BCUT2D eigenvalue weighted by molar-refractivity contribution is 9.10. The number of furan rings is 1. The van der Waals surface area contributed by atoms with Crippen molar-refractivity contribution >= 4 is 27.9 Å². The molecule has 0 fully saturated rings. The van der Waals surface area contributed by atoms with Crippen molar-refractivity contribution in [1.82, 2.24) is 4.90 Å². The predicted octanol–water partition coefficient (Wildman–Crippen LogP) is 3.71. The van der Waals surface area contributed by atoms with Gasteiger partial charge in [-0.15, -0.1) is 0 Å². The zero-order chi connectivity index (χ0) is 13.7. The van der Waals surface area contributed by atoms with Crippen molar-refractivity contribution in [2.24, 2.45) is 0 Å². The third kappa shape index (κ3) is 4.10. The average molecular weight is 320 g/mol. The minimum absolute atomic E-state index is 0.0562. The number of carbonyl (C=O) groups is 1. The molecule has 1 amide bonds. The van der Waals surface area contributed by atoms with Gasteiger partial charge in [0.1, 0.15) is 5.76 Å². The molecule has 98 valence electrons. The molecule has 0 N–H and O–H groups in total. The smallest absolute Gasteiger partial charge is 0.246 e. The lowest BCUT2D eigenvalue weighted by molar-refractivity contribution is -0.125. The van der Waals surface area contributed by atoms with Crippen molar-refractivity contribution in [1.29, 1.82) is 0 Å². The Balaban J connectivity index is 1.94. The molecule has 19 heavy (non-hydrogen) atoms. The number of benzene rings is 1. The van der Waals surface area contributed by atoms with Crippen LogP contribution in [0.1, 0.15) is 11.3 Å². The molecule has 0 bridgehead atoms. The van der Waals surface area contributed by atoms with E-state index in [4.69, 9.17) is 4.42 Å². The summed E-state index contributed by atoms with van der Waals surface area (Å²) in [4.78, 5) is 13.6. The van der Waals surface area contributed by atoms with E-state index in [9.17, 15) is 4.79 Å². The van der Waals surface area contributed by atoms with Gasteiger partial charge in [-0.05, 0) is 35.9 Å². The maximum absolute atomic E-state index is 11.9. The second-order valence-electron chi connectivity index (χ2n) is 4.17. The number of hydrogen-bond donors (Lipinski definition) is 0. The molecule has 0 unspecified atom stereocenters. The number of likely N-dealkylation sites (N-methyl/N-ethyl adjacent to an activating group) is 1. The molecule has 3 nitrogen and oxygen atoms in total. The van der Waals surface area contributed by atoms with Gasteiger partial charge in [-0.2, -0.15) is 0 Å². The van der Waals surface area contributed by atoms with Gasteiger partial charge in [0.25, 0.3) is 0 Å². The molecule has 0 aliphatic rings. The van der Waals surface area contributed by atoms with E-state index in [1.807, 2.05) is 24.3 Å². The van der Waals surface area contributed by atoms with Crippen LogP contribution >= 0.6 is 15.9 Å². The van der Waals surface area contributed by atoms with Crippen LogP contribution in [0.15, 0.2) is 57.6 Å². The first-order valence-corrected chi connectivity index (χ1v) is 6.65. The van der Waals surface area contributed by atoms with Crippen LogP contribution in [0.2, 0.25) is 0 Å². The van der Waals surface area contributed by atoms with E-state index in [0.717, 1.165) is 10.0 Å². The third-order valence-electron chi connectivity index (χ3n) is 2.64. The summed E-state index contributed by atoms with van der Waals surface area (Å²) in [6.45, 7) is 0.578. The van der Waals surface area contributed by atoms with Crippen molar-refractivity contribution in [2.75, 3.05) is 7.05 Å². The molecule has 0 aliphatic carbocycles. The fourth-order valence-electron chi connectivity index (χ4n) is 1.61. The van der Waals surface area contributed by atoms with E-state index in [-0.39, 0.29) is 5.91 Å². The Labute approximate surface area is 120 Å². The summed E-state index contributed by atoms with van der Waals surface area (Å²) in [7, 11) is 1.77. The number of rotatable bonds is 4. The second kappa shape index (κ2) is 6.38. The summed E-state index contributed by atoms with van der Waals surface area (Å²) >= 11 is 3.39. The first-order chi connectivity index (χ1) is 9.15. The molecule has 0 spiro atoms. The van der Waals surface area contributed by atoms with Crippen molar-refractivity contribution in [2.45, 2.75) is 6.54 Å². The van der Waals surface area contributed by atoms with Gasteiger partial charge in [-0.3, -0.25) is 4.79 Å². The lowest BCUT2D eigenvalue weighted by Gasteiger charge is -2.15. The SMILES string of the molecule is CN(Cc1ccc(Br)cc1)C(=O)C=Cc1ccco1. The van der Waals surface area contributed by atoms with Gasteiger partial charge >= 0.3 is 0 Å². The van der Waals surface area contributed by atoms with Gasteiger partial charge in [0.15, 0.2) is 0 Å². The van der Waals surface area contributed by atoms with E-state index in [1.54, 1.807) is 36.4 Å². The molecule has 0 aliphatic heterocycles. The summed E-state index contributed by atoms with van der Waals surface area (Å²) in [6.07, 6.45) is 4.76. The van der Waals surface area contributed by atoms with Crippen LogP contribution in [0.25, 0.3) is 6.08 Å². The van der Waals surface area contributed by atoms with E-state index < -0.39 is 0 Å². The van der Waals surface area contributed by atoms with Gasteiger partial charge in [0.05, 0.1) is 6.26 Å². The monoisotopic (exact) mass is 319 g/mol. The average Bonchev–Trinajstić information content (AvgIpc) is 2.91. The minimum Gasteiger partial charge on any atom is -0.465 e. The summed E-state index contributed by atoms with van der Waals surface area (Å²) in [5, 5.41) is 0. The third-order valence-corrected chi connectivity index (χ3v) is 3.17. The van der Waals surface area contributed by atoms with Crippen LogP contribution in [-0.2, 0) is 11.3 Å². The van der Waals surface area contributed by atoms with Crippen LogP contribution in [0.5, 0.6) is 0 Å². The Hall–Kier alpha value is -1.81. The zero-order valence-electron chi connectivity index (χ0n) is 10.5. The quantitative estimate of drug-likeness (QED) is 0.805. The largest absolute Gasteiger partial charge is 0.465 e. The van der Waals surface area contributed by atoms with Crippen molar-refractivity contribution < 1.29 is 9.21 Å². The zero-order valence-corrected chi connectivity index (χ0v) is 12.1. The molecule has 0 radical (unpaired) electrons. The normalized spacial score (nSPS) is 10.8. The lowest BCUT2D eigenvalue weighted by Crippen LogP contribution is -2.24. The number of halogens is 1. The molecule has 0 atom stereocenters. The highest BCUT2D eigenvalue weighted by Gasteiger charge is 2.05. The molecule has 0 saturated carbocycles. The van der Waals surface area contributed by atoms with Crippen LogP contribution in [-0.4, -0.2) is 17.9 Å². The molecule has 0 saturated heterocycles. The molecular weight excluding hydrogens is 306 g/mol. The first kappa shape index (κ1) is 13.6. The highest BCUT2D eigenvalue weighted by Crippen LogP contribution is 2.12. The van der Waals surface area contributed by atoms with E-state index in [0.29, 0.717) is 12.3 Å². The van der Waals surface area contributed by atoms with Gasteiger partial charge in [0.2, 0.25) is 5.91 Å². The van der Waals surface area contributed by atoms with Crippen LogP contribution in [0.3, 0.4) is 0 Å². The Morgan fingerprint density at radius 3 is 2.68 bits per heavy atom. The first-order valence-electron chi connectivity index (χ1n) is 5.86. The highest BCUT2D eigenvalue weighted by atomic mass is 79.9. The Kier molecular flexibility index (Phi) is 4.58. The summed E-state index contributed by atoms with van der Waals surface area (Å²) in [5.74, 6) is 0.615. The lowest BCUT2D eigenvalue weighted by atomic mass is 10.2. The van der Waals surface area contributed by atoms with Crippen LogP contribution in [0.4, 0.5) is 0 Å². The van der Waals surface area contributed by atoms with E-state index >= 15 is 0 Å².